The van der Waals surface area contributed by atoms with Crippen LogP contribution < -0.4 is 9.80 Å². The van der Waals surface area contributed by atoms with Crippen molar-refractivity contribution < 1.29 is 19.2 Å². The topological polar surface area (TPSA) is 74.8 Å². The van der Waals surface area contributed by atoms with Crippen molar-refractivity contribution in [3.8, 4) is 0 Å². The summed E-state index contributed by atoms with van der Waals surface area (Å²) in [6.07, 6.45) is 11.0. The zero-order valence-corrected chi connectivity index (χ0v) is 20.2. The van der Waals surface area contributed by atoms with Gasteiger partial charge in [0, 0.05) is 0 Å². The van der Waals surface area contributed by atoms with Crippen LogP contribution in [0.15, 0.2) is 72.8 Å². The molecule has 4 aliphatic carbocycles. The van der Waals surface area contributed by atoms with Crippen LogP contribution in [-0.2, 0) is 25.6 Å². The summed E-state index contributed by atoms with van der Waals surface area (Å²) < 4.78 is 0. The number of carbonyl (C=O) groups is 4. The number of fused-ring (bicyclic) bond motifs is 10. The van der Waals surface area contributed by atoms with Gasteiger partial charge >= 0.3 is 0 Å². The molecule has 8 atom stereocenters. The first-order valence-corrected chi connectivity index (χ1v) is 13.3. The summed E-state index contributed by atoms with van der Waals surface area (Å²) in [4.78, 5) is 55.1. The van der Waals surface area contributed by atoms with Gasteiger partial charge in [0.2, 0.25) is 23.6 Å². The number of amides is 4. The normalized spacial score (nSPS) is 36.4. The van der Waals surface area contributed by atoms with Crippen LogP contribution in [0.3, 0.4) is 0 Å². The summed E-state index contributed by atoms with van der Waals surface area (Å²) in [7, 11) is 0. The van der Waals surface area contributed by atoms with Crippen LogP contribution >= 0.6 is 0 Å². The summed E-state index contributed by atoms with van der Waals surface area (Å²) >= 11 is 0. The number of rotatable bonds is 4. The van der Waals surface area contributed by atoms with E-state index in [1.807, 2.05) is 48.5 Å². The molecule has 8 rings (SSSR count). The smallest absolute Gasteiger partial charge is 0.238 e. The molecule has 8 unspecified atom stereocenters. The Bertz CT molecular complexity index is 1270. The van der Waals surface area contributed by atoms with Gasteiger partial charge in [-0.1, -0.05) is 48.6 Å². The molecule has 37 heavy (non-hydrogen) atoms. The first-order valence-electron chi connectivity index (χ1n) is 13.3. The summed E-state index contributed by atoms with van der Waals surface area (Å²) in [6.45, 7) is 0. The maximum absolute atomic E-state index is 13.1. The van der Waals surface area contributed by atoms with E-state index in [9.17, 15) is 19.2 Å². The van der Waals surface area contributed by atoms with Crippen LogP contribution in [-0.4, -0.2) is 23.6 Å². The summed E-state index contributed by atoms with van der Waals surface area (Å²) in [5.74, 6) is -0.198. The molecule has 0 radical (unpaired) electrons. The Morgan fingerprint density at radius 1 is 0.486 bits per heavy atom. The predicted molar refractivity (Wildman–Crippen MR) is 136 cm³/mol. The number of carbonyl (C=O) groups excluding carboxylic acids is 4. The van der Waals surface area contributed by atoms with E-state index < -0.39 is 0 Å². The van der Waals surface area contributed by atoms with Crippen LogP contribution in [0.2, 0.25) is 0 Å². The van der Waals surface area contributed by atoms with Crippen molar-refractivity contribution in [3.05, 3.63) is 84.0 Å². The van der Waals surface area contributed by atoms with Gasteiger partial charge < -0.3 is 0 Å². The Labute approximate surface area is 214 Å². The molecule has 2 aliphatic heterocycles. The number of nitrogens with zero attached hydrogens (tertiary/aromatic N) is 2. The highest BCUT2D eigenvalue weighted by Crippen LogP contribution is 2.54. The molecule has 6 nitrogen and oxygen atoms in total. The Morgan fingerprint density at radius 3 is 1.08 bits per heavy atom. The fourth-order valence-electron chi connectivity index (χ4n) is 8.08. The minimum Gasteiger partial charge on any atom is -0.274 e. The molecule has 0 N–H and O–H groups in total. The first kappa shape index (κ1) is 21.3. The maximum Gasteiger partial charge on any atom is 0.238 e. The standard InChI is InChI=1S/C31H26N2O4/c34-28-24-18-5-6-19(14-18)25(24)29(35)32(28)22-9-1-16(2-10-22)13-17-3-11-23(12-4-17)33-30(36)26-20-7-8-21(15-20)27(26)31(33)37/h1-12,18-21,24-27H,13-15H2. The van der Waals surface area contributed by atoms with Gasteiger partial charge in [-0.2, -0.15) is 0 Å². The van der Waals surface area contributed by atoms with Gasteiger partial charge in [0.05, 0.1) is 35.0 Å². The lowest BCUT2D eigenvalue weighted by atomic mass is 9.85. The van der Waals surface area contributed by atoms with E-state index in [0.29, 0.717) is 17.8 Å². The van der Waals surface area contributed by atoms with Crippen molar-refractivity contribution in [2.45, 2.75) is 19.3 Å². The van der Waals surface area contributed by atoms with Crippen molar-refractivity contribution >= 4 is 35.0 Å². The van der Waals surface area contributed by atoms with Gasteiger partial charge in [0.15, 0.2) is 0 Å². The van der Waals surface area contributed by atoms with Crippen molar-refractivity contribution in [3.63, 3.8) is 0 Å². The van der Waals surface area contributed by atoms with Crippen LogP contribution in [0.1, 0.15) is 24.0 Å². The highest BCUT2D eigenvalue weighted by atomic mass is 16.2. The highest BCUT2D eigenvalue weighted by molar-refractivity contribution is 6.23. The number of imide groups is 2. The molecule has 4 bridgehead atoms. The molecular formula is C31H26N2O4. The molecule has 6 heteroatoms. The van der Waals surface area contributed by atoms with Crippen LogP contribution in [0, 0.1) is 47.3 Å². The lowest BCUT2D eigenvalue weighted by Gasteiger charge is -2.18. The van der Waals surface area contributed by atoms with Gasteiger partial charge in [-0.05, 0) is 78.3 Å². The average Bonchev–Trinajstić information content (AvgIpc) is 3.74. The van der Waals surface area contributed by atoms with E-state index >= 15 is 0 Å². The van der Waals surface area contributed by atoms with Crippen molar-refractivity contribution in [1.82, 2.24) is 0 Å². The molecule has 6 aliphatic rings. The average molecular weight is 491 g/mol. The van der Waals surface area contributed by atoms with Gasteiger partial charge in [0.1, 0.15) is 0 Å². The number of hydrogen-bond donors (Lipinski definition) is 0. The van der Waals surface area contributed by atoms with E-state index in [2.05, 4.69) is 24.3 Å². The summed E-state index contributed by atoms with van der Waals surface area (Å²) in [5.41, 5.74) is 3.40. The fraction of sp³-hybridized carbons (Fsp3) is 0.355. The fourth-order valence-corrected chi connectivity index (χ4v) is 8.08. The first-order chi connectivity index (χ1) is 18.0. The molecule has 2 aromatic carbocycles. The van der Waals surface area contributed by atoms with Crippen LogP contribution in [0.4, 0.5) is 11.4 Å². The number of anilines is 2. The van der Waals surface area contributed by atoms with E-state index in [0.717, 1.165) is 24.0 Å². The monoisotopic (exact) mass is 490 g/mol. The molecule has 2 heterocycles. The third-order valence-electron chi connectivity index (χ3n) is 9.74. The van der Waals surface area contributed by atoms with Crippen molar-refractivity contribution in [2.75, 3.05) is 9.80 Å². The largest absolute Gasteiger partial charge is 0.274 e. The maximum atomic E-state index is 13.1. The van der Waals surface area contributed by atoms with Crippen LogP contribution in [0.5, 0.6) is 0 Å². The lowest BCUT2D eigenvalue weighted by Crippen LogP contribution is -2.32. The molecule has 2 saturated heterocycles. The molecule has 4 amide bonds. The van der Waals surface area contributed by atoms with Gasteiger partial charge in [0.25, 0.3) is 0 Å². The van der Waals surface area contributed by atoms with E-state index in [1.54, 1.807) is 0 Å². The molecular weight excluding hydrogens is 464 g/mol. The Balaban J connectivity index is 0.973. The second kappa shape index (κ2) is 7.37. The molecule has 4 fully saturated rings. The third kappa shape index (κ3) is 2.81. The highest BCUT2D eigenvalue weighted by Gasteiger charge is 2.60. The second-order valence-electron chi connectivity index (χ2n) is 11.5. The molecule has 0 aromatic heterocycles. The second-order valence-corrected chi connectivity index (χ2v) is 11.5. The number of benzene rings is 2. The minimum absolute atomic E-state index is 0.0610. The van der Waals surface area contributed by atoms with E-state index in [1.165, 1.54) is 9.80 Å². The third-order valence-corrected chi connectivity index (χ3v) is 9.74. The number of hydrogen-bond acceptors (Lipinski definition) is 4. The summed E-state index contributed by atoms with van der Waals surface area (Å²) in [6, 6.07) is 15.3. The zero-order valence-electron chi connectivity index (χ0n) is 20.2. The Hall–Kier alpha value is -3.80. The summed E-state index contributed by atoms with van der Waals surface area (Å²) in [5, 5.41) is 0. The van der Waals surface area contributed by atoms with Gasteiger partial charge in [-0.3, -0.25) is 29.0 Å². The Kier molecular flexibility index (Phi) is 4.24. The Morgan fingerprint density at radius 2 is 0.784 bits per heavy atom. The zero-order chi connectivity index (χ0) is 25.0. The van der Waals surface area contributed by atoms with Crippen molar-refractivity contribution in [1.29, 1.82) is 0 Å². The minimum atomic E-state index is -0.193. The lowest BCUT2D eigenvalue weighted by molar-refractivity contribution is -0.124. The predicted octanol–water partition coefficient (Wildman–Crippen LogP) is 3.90. The molecule has 2 saturated carbocycles. The van der Waals surface area contributed by atoms with E-state index in [-0.39, 0.29) is 71.0 Å². The molecule has 0 spiro atoms. The molecule has 2 aromatic rings. The van der Waals surface area contributed by atoms with Gasteiger partial charge in [-0.15, -0.1) is 0 Å². The quantitative estimate of drug-likeness (QED) is 0.481. The SMILES string of the molecule is O=C1C2C3C=CC(C3)C2C(=O)N1c1ccc(Cc2ccc(N3C(=O)C4C5C=CC(C5)C4C3=O)cc2)cc1. The van der Waals surface area contributed by atoms with Gasteiger partial charge in [-0.25, -0.2) is 0 Å². The molecule has 184 valence electrons. The van der Waals surface area contributed by atoms with Crippen molar-refractivity contribution in [2.24, 2.45) is 47.3 Å². The van der Waals surface area contributed by atoms with Crippen LogP contribution in [0.25, 0.3) is 0 Å². The number of allylic oxidation sites excluding steroid dienone is 4. The van der Waals surface area contributed by atoms with E-state index in [4.69, 9.17) is 0 Å².